The van der Waals surface area contributed by atoms with Gasteiger partial charge < -0.3 is 10.6 Å². The molecule has 2 aromatic rings. The van der Waals surface area contributed by atoms with E-state index in [-0.39, 0.29) is 11.3 Å². The van der Waals surface area contributed by atoms with Crippen molar-refractivity contribution in [2.45, 2.75) is 46.0 Å². The average Bonchev–Trinajstić information content (AvgIpc) is 2.55. The molecule has 4 heteroatoms. The largest absolute Gasteiger partial charge is 0.384 e. The molecule has 128 valence electrons. The van der Waals surface area contributed by atoms with Crippen LogP contribution in [0.2, 0.25) is 0 Å². The summed E-state index contributed by atoms with van der Waals surface area (Å²) in [7, 11) is 0. The van der Waals surface area contributed by atoms with Gasteiger partial charge in [0, 0.05) is 24.6 Å². The number of nitrogens with zero attached hydrogens (tertiary/aromatic N) is 1. The highest BCUT2D eigenvalue weighted by atomic mass is 16.1. The van der Waals surface area contributed by atoms with E-state index in [1.807, 2.05) is 18.2 Å². The first-order valence-electron chi connectivity index (χ1n) is 8.51. The highest BCUT2D eigenvalue weighted by Gasteiger charge is 2.13. The second-order valence-corrected chi connectivity index (χ2v) is 7.02. The zero-order valence-corrected chi connectivity index (χ0v) is 15.0. The summed E-state index contributed by atoms with van der Waals surface area (Å²) >= 11 is 0. The average molecular weight is 325 g/mol. The first-order chi connectivity index (χ1) is 11.4. The zero-order valence-electron chi connectivity index (χ0n) is 15.0. The summed E-state index contributed by atoms with van der Waals surface area (Å²) in [6.45, 7) is 9.54. The van der Waals surface area contributed by atoms with Crippen molar-refractivity contribution >= 4 is 17.3 Å². The molecule has 0 aliphatic rings. The number of nitrogens with one attached hydrogen (secondary N) is 2. The molecular formula is C20H27N3O. The topological polar surface area (TPSA) is 54.0 Å². The third kappa shape index (κ3) is 5.08. The van der Waals surface area contributed by atoms with Crippen LogP contribution in [0, 0.1) is 0 Å². The van der Waals surface area contributed by atoms with Crippen LogP contribution < -0.4 is 10.6 Å². The van der Waals surface area contributed by atoms with E-state index in [1.54, 1.807) is 12.4 Å². The van der Waals surface area contributed by atoms with Crippen molar-refractivity contribution in [3.63, 3.8) is 0 Å². The van der Waals surface area contributed by atoms with Crippen LogP contribution in [0.15, 0.2) is 42.7 Å². The van der Waals surface area contributed by atoms with E-state index in [2.05, 4.69) is 55.4 Å². The van der Waals surface area contributed by atoms with E-state index in [4.69, 9.17) is 0 Å². The van der Waals surface area contributed by atoms with Gasteiger partial charge in [0.15, 0.2) is 0 Å². The van der Waals surface area contributed by atoms with E-state index in [0.29, 0.717) is 5.56 Å². The van der Waals surface area contributed by atoms with E-state index >= 15 is 0 Å². The minimum Gasteiger partial charge on any atom is -0.384 e. The molecule has 1 aromatic heterocycles. The van der Waals surface area contributed by atoms with Gasteiger partial charge in [-0.2, -0.15) is 0 Å². The first-order valence-corrected chi connectivity index (χ1v) is 8.51. The molecule has 1 aromatic carbocycles. The number of pyridine rings is 1. The standard InChI is InChI=1S/C20H27N3O/c1-5-6-11-22-18-12-15(13-21-14-18)19(24)23-17-9-7-16(8-10-17)20(2,3)4/h7-10,12-14,22H,5-6,11H2,1-4H3,(H,23,24). The zero-order chi connectivity index (χ0) is 17.6. The van der Waals surface area contributed by atoms with Gasteiger partial charge in [-0.15, -0.1) is 0 Å². The van der Waals surface area contributed by atoms with E-state index in [0.717, 1.165) is 30.8 Å². The Bertz CT molecular complexity index is 672. The van der Waals surface area contributed by atoms with Crippen molar-refractivity contribution in [3.8, 4) is 0 Å². The molecule has 0 bridgehead atoms. The number of carbonyl (C=O) groups excluding carboxylic acids is 1. The monoisotopic (exact) mass is 325 g/mol. The minimum absolute atomic E-state index is 0.102. The maximum absolute atomic E-state index is 12.4. The molecule has 24 heavy (non-hydrogen) atoms. The molecule has 0 aliphatic heterocycles. The Hall–Kier alpha value is -2.36. The SMILES string of the molecule is CCCCNc1cncc(C(=O)Nc2ccc(C(C)(C)C)cc2)c1. The second kappa shape index (κ2) is 7.95. The molecule has 2 rings (SSSR count). The van der Waals surface area contributed by atoms with Crippen molar-refractivity contribution < 1.29 is 4.79 Å². The van der Waals surface area contributed by atoms with Crippen LogP contribution >= 0.6 is 0 Å². The third-order valence-electron chi connectivity index (χ3n) is 3.87. The van der Waals surface area contributed by atoms with Crippen LogP contribution in [-0.4, -0.2) is 17.4 Å². The summed E-state index contributed by atoms with van der Waals surface area (Å²) in [5, 5.41) is 6.21. The van der Waals surface area contributed by atoms with Gasteiger partial charge in [0.05, 0.1) is 11.3 Å². The smallest absolute Gasteiger partial charge is 0.257 e. The summed E-state index contributed by atoms with van der Waals surface area (Å²) in [4.78, 5) is 16.5. The van der Waals surface area contributed by atoms with E-state index in [9.17, 15) is 4.79 Å². The van der Waals surface area contributed by atoms with Gasteiger partial charge in [-0.05, 0) is 35.6 Å². The van der Waals surface area contributed by atoms with Crippen LogP contribution in [0.3, 0.4) is 0 Å². The number of rotatable bonds is 6. The van der Waals surface area contributed by atoms with Crippen molar-refractivity contribution in [2.75, 3.05) is 17.2 Å². The molecule has 0 atom stereocenters. The number of amides is 1. The fourth-order valence-electron chi connectivity index (χ4n) is 2.33. The molecule has 1 amide bonds. The number of benzene rings is 1. The molecule has 0 fully saturated rings. The number of anilines is 2. The number of carbonyl (C=O) groups is 1. The molecule has 0 spiro atoms. The van der Waals surface area contributed by atoms with E-state index in [1.165, 1.54) is 5.56 Å². The second-order valence-electron chi connectivity index (χ2n) is 7.02. The Kier molecular flexibility index (Phi) is 5.96. The van der Waals surface area contributed by atoms with Gasteiger partial charge in [0.2, 0.25) is 0 Å². The molecule has 1 heterocycles. The maximum atomic E-state index is 12.4. The molecule has 0 saturated heterocycles. The quantitative estimate of drug-likeness (QED) is 0.747. The number of hydrogen-bond acceptors (Lipinski definition) is 3. The Morgan fingerprint density at radius 3 is 2.42 bits per heavy atom. The summed E-state index contributed by atoms with van der Waals surface area (Å²) in [6.07, 6.45) is 5.55. The van der Waals surface area contributed by atoms with Gasteiger partial charge in [-0.1, -0.05) is 46.2 Å². The summed E-state index contributed by atoms with van der Waals surface area (Å²) < 4.78 is 0. The lowest BCUT2D eigenvalue weighted by molar-refractivity contribution is 0.102. The fourth-order valence-corrected chi connectivity index (χ4v) is 2.33. The Morgan fingerprint density at radius 2 is 1.79 bits per heavy atom. The van der Waals surface area contributed by atoms with Crippen molar-refractivity contribution in [1.29, 1.82) is 0 Å². The molecule has 0 unspecified atom stereocenters. The van der Waals surface area contributed by atoms with Crippen LogP contribution in [0.25, 0.3) is 0 Å². The molecule has 0 aliphatic carbocycles. The molecule has 0 saturated carbocycles. The Balaban J connectivity index is 2.03. The minimum atomic E-state index is -0.148. The van der Waals surface area contributed by atoms with Gasteiger partial charge in [0.1, 0.15) is 0 Å². The highest BCUT2D eigenvalue weighted by molar-refractivity contribution is 6.04. The maximum Gasteiger partial charge on any atom is 0.257 e. The summed E-state index contributed by atoms with van der Waals surface area (Å²) in [5.41, 5.74) is 3.56. The van der Waals surface area contributed by atoms with Gasteiger partial charge in [-0.25, -0.2) is 0 Å². The summed E-state index contributed by atoms with van der Waals surface area (Å²) in [5.74, 6) is -0.148. The predicted molar refractivity (Wildman–Crippen MR) is 101 cm³/mol. The van der Waals surface area contributed by atoms with Crippen LogP contribution in [-0.2, 0) is 5.41 Å². The van der Waals surface area contributed by atoms with Gasteiger partial charge >= 0.3 is 0 Å². The molecule has 0 radical (unpaired) electrons. The highest BCUT2D eigenvalue weighted by Crippen LogP contribution is 2.23. The van der Waals surface area contributed by atoms with Crippen LogP contribution in [0.5, 0.6) is 0 Å². The van der Waals surface area contributed by atoms with Crippen molar-refractivity contribution in [2.24, 2.45) is 0 Å². The van der Waals surface area contributed by atoms with E-state index < -0.39 is 0 Å². The Morgan fingerprint density at radius 1 is 1.08 bits per heavy atom. The van der Waals surface area contributed by atoms with Gasteiger partial charge in [-0.3, -0.25) is 9.78 Å². The van der Waals surface area contributed by atoms with Crippen molar-refractivity contribution in [3.05, 3.63) is 53.9 Å². The summed E-state index contributed by atoms with van der Waals surface area (Å²) in [6, 6.07) is 9.82. The fraction of sp³-hybridized carbons (Fsp3) is 0.400. The predicted octanol–water partition coefficient (Wildman–Crippen LogP) is 4.84. The molecule has 4 nitrogen and oxygen atoms in total. The number of aromatic nitrogens is 1. The molecule has 2 N–H and O–H groups in total. The lowest BCUT2D eigenvalue weighted by Gasteiger charge is -2.19. The third-order valence-corrected chi connectivity index (χ3v) is 3.87. The Labute approximate surface area is 144 Å². The lowest BCUT2D eigenvalue weighted by atomic mass is 9.87. The number of unbranched alkanes of at least 4 members (excludes halogenated alkanes) is 1. The van der Waals surface area contributed by atoms with Gasteiger partial charge in [0.25, 0.3) is 5.91 Å². The van der Waals surface area contributed by atoms with Crippen LogP contribution in [0.1, 0.15) is 56.5 Å². The normalized spacial score (nSPS) is 11.2. The molecular weight excluding hydrogens is 298 g/mol. The lowest BCUT2D eigenvalue weighted by Crippen LogP contribution is -2.14. The van der Waals surface area contributed by atoms with Crippen LogP contribution in [0.4, 0.5) is 11.4 Å². The van der Waals surface area contributed by atoms with Crippen molar-refractivity contribution in [1.82, 2.24) is 4.98 Å². The first kappa shape index (κ1) is 18.0. The number of hydrogen-bond donors (Lipinski definition) is 2.